The van der Waals surface area contributed by atoms with E-state index in [2.05, 4.69) is 13.8 Å². The molecular weight excluding hydrogens is 216 g/mol. The van der Waals surface area contributed by atoms with Crippen LogP contribution in [0.3, 0.4) is 0 Å². The van der Waals surface area contributed by atoms with E-state index in [1.165, 1.54) is 0 Å². The van der Waals surface area contributed by atoms with Gasteiger partial charge in [0.15, 0.2) is 0 Å². The Morgan fingerprint density at radius 3 is 2.88 bits per heavy atom. The average molecular weight is 234 g/mol. The molecule has 3 aliphatic rings. The van der Waals surface area contributed by atoms with E-state index in [9.17, 15) is 9.59 Å². The zero-order chi connectivity index (χ0) is 12.3. The van der Waals surface area contributed by atoms with E-state index in [1.807, 2.05) is 0 Å². The minimum Gasteiger partial charge on any atom is -0.461 e. The van der Waals surface area contributed by atoms with Crippen molar-refractivity contribution >= 4 is 12.3 Å². The number of cyclic esters (lactones) is 1. The second-order valence-electron chi connectivity index (χ2n) is 6.56. The van der Waals surface area contributed by atoms with Gasteiger partial charge in [0, 0.05) is 5.41 Å². The van der Waals surface area contributed by atoms with E-state index in [0.717, 1.165) is 36.7 Å². The molecule has 0 unspecified atom stereocenters. The molecule has 1 saturated carbocycles. The molecule has 0 bridgehead atoms. The molecule has 1 spiro atoms. The van der Waals surface area contributed by atoms with Crippen molar-refractivity contribution in [3.05, 3.63) is 11.1 Å². The summed E-state index contributed by atoms with van der Waals surface area (Å²) in [6.45, 7) is 4.87. The first-order valence-corrected chi connectivity index (χ1v) is 6.30. The van der Waals surface area contributed by atoms with Gasteiger partial charge in [-0.15, -0.1) is 0 Å². The van der Waals surface area contributed by atoms with Crippen LogP contribution in [0.5, 0.6) is 0 Å². The van der Waals surface area contributed by atoms with E-state index in [1.54, 1.807) is 0 Å². The predicted molar refractivity (Wildman–Crippen MR) is 62.2 cm³/mol. The molecule has 0 N–H and O–H groups in total. The van der Waals surface area contributed by atoms with Crippen molar-refractivity contribution in [1.82, 2.24) is 0 Å². The highest BCUT2D eigenvalue weighted by atomic mass is 16.5. The number of ether oxygens (including phenoxy) is 1. The van der Waals surface area contributed by atoms with Crippen molar-refractivity contribution in [1.29, 1.82) is 0 Å². The van der Waals surface area contributed by atoms with Gasteiger partial charge >= 0.3 is 5.97 Å². The summed E-state index contributed by atoms with van der Waals surface area (Å²) < 4.78 is 5.14. The van der Waals surface area contributed by atoms with Gasteiger partial charge in [-0.3, -0.25) is 9.59 Å². The molecule has 3 rings (SSSR count). The van der Waals surface area contributed by atoms with Gasteiger partial charge in [0.25, 0.3) is 0 Å². The Morgan fingerprint density at radius 1 is 1.41 bits per heavy atom. The number of allylic oxidation sites excluding steroid dienone is 1. The molecule has 1 aliphatic heterocycles. The van der Waals surface area contributed by atoms with Gasteiger partial charge in [-0.25, -0.2) is 0 Å². The standard InChI is InChI=1S/C14H18O3/c1-13(2)4-10-3-9(6-15)11-7-17-12(16)5-14(10,11)8-13/h6,10H,3-5,7-8H2,1-2H3/t10-,14+/m1/s1. The summed E-state index contributed by atoms with van der Waals surface area (Å²) in [5.74, 6) is 0.379. The smallest absolute Gasteiger partial charge is 0.307 e. The quantitative estimate of drug-likeness (QED) is 0.516. The minimum atomic E-state index is -0.0939. The van der Waals surface area contributed by atoms with Crippen LogP contribution >= 0.6 is 0 Å². The molecular formula is C14H18O3. The normalized spacial score (nSPS) is 38.7. The molecule has 2 atom stereocenters. The number of hydrogen-bond donors (Lipinski definition) is 0. The fraction of sp³-hybridized carbons (Fsp3) is 0.714. The Hall–Kier alpha value is -1.12. The number of aldehydes is 1. The van der Waals surface area contributed by atoms with E-state index in [0.29, 0.717) is 18.9 Å². The third-order valence-electron chi connectivity index (χ3n) is 4.81. The highest BCUT2D eigenvalue weighted by Crippen LogP contribution is 2.65. The third kappa shape index (κ3) is 1.41. The fourth-order valence-corrected chi connectivity index (χ4v) is 4.39. The van der Waals surface area contributed by atoms with Gasteiger partial charge in [0.1, 0.15) is 12.9 Å². The van der Waals surface area contributed by atoms with Crippen LogP contribution in [-0.2, 0) is 14.3 Å². The van der Waals surface area contributed by atoms with E-state index in [4.69, 9.17) is 4.74 Å². The van der Waals surface area contributed by atoms with Gasteiger partial charge in [-0.1, -0.05) is 13.8 Å². The van der Waals surface area contributed by atoms with E-state index in [-0.39, 0.29) is 16.8 Å². The topological polar surface area (TPSA) is 43.4 Å². The van der Waals surface area contributed by atoms with Crippen LogP contribution < -0.4 is 0 Å². The summed E-state index contributed by atoms with van der Waals surface area (Å²) in [4.78, 5) is 22.8. The highest BCUT2D eigenvalue weighted by Gasteiger charge is 2.59. The molecule has 3 nitrogen and oxygen atoms in total. The molecule has 0 amide bonds. The van der Waals surface area contributed by atoms with Crippen molar-refractivity contribution in [2.45, 2.75) is 39.5 Å². The van der Waals surface area contributed by atoms with Crippen LogP contribution in [0.1, 0.15) is 39.5 Å². The lowest BCUT2D eigenvalue weighted by Crippen LogP contribution is -2.35. The Labute approximate surface area is 101 Å². The monoisotopic (exact) mass is 234 g/mol. The summed E-state index contributed by atoms with van der Waals surface area (Å²) in [7, 11) is 0. The van der Waals surface area contributed by atoms with Crippen LogP contribution in [-0.4, -0.2) is 18.9 Å². The summed E-state index contributed by atoms with van der Waals surface area (Å²) in [5.41, 5.74) is 2.26. The molecule has 0 aromatic rings. The number of rotatable bonds is 1. The molecule has 2 fully saturated rings. The molecule has 2 aliphatic carbocycles. The van der Waals surface area contributed by atoms with E-state index < -0.39 is 0 Å². The Balaban J connectivity index is 2.07. The largest absolute Gasteiger partial charge is 0.461 e. The lowest BCUT2D eigenvalue weighted by atomic mass is 9.71. The van der Waals surface area contributed by atoms with Gasteiger partial charge in [-0.05, 0) is 41.7 Å². The first-order chi connectivity index (χ1) is 7.97. The van der Waals surface area contributed by atoms with Crippen LogP contribution in [0.2, 0.25) is 0 Å². The van der Waals surface area contributed by atoms with Crippen LogP contribution in [0.15, 0.2) is 11.1 Å². The Bertz CT molecular complexity index is 433. The first kappa shape index (κ1) is 11.0. The number of esters is 1. The van der Waals surface area contributed by atoms with Crippen molar-refractivity contribution < 1.29 is 14.3 Å². The van der Waals surface area contributed by atoms with E-state index >= 15 is 0 Å². The second-order valence-corrected chi connectivity index (χ2v) is 6.56. The number of carbonyl (C=O) groups is 2. The van der Waals surface area contributed by atoms with Gasteiger partial charge in [0.05, 0.1) is 6.42 Å². The van der Waals surface area contributed by atoms with Crippen molar-refractivity contribution in [2.75, 3.05) is 6.61 Å². The molecule has 0 aromatic heterocycles. The summed E-state index contributed by atoms with van der Waals surface area (Å²) in [6.07, 6.45) is 4.43. The second kappa shape index (κ2) is 3.21. The van der Waals surface area contributed by atoms with Gasteiger partial charge in [0.2, 0.25) is 0 Å². The van der Waals surface area contributed by atoms with Gasteiger partial charge in [-0.2, -0.15) is 0 Å². The predicted octanol–water partition coefficient (Wildman–Crippen LogP) is 2.26. The molecule has 17 heavy (non-hydrogen) atoms. The van der Waals surface area contributed by atoms with Crippen LogP contribution in [0.4, 0.5) is 0 Å². The Kier molecular flexibility index (Phi) is 2.08. The molecule has 1 saturated heterocycles. The molecule has 0 radical (unpaired) electrons. The lowest BCUT2D eigenvalue weighted by Gasteiger charge is -2.36. The molecule has 3 heteroatoms. The molecule has 1 heterocycles. The Morgan fingerprint density at radius 2 is 2.18 bits per heavy atom. The number of carbonyl (C=O) groups excluding carboxylic acids is 2. The summed E-state index contributed by atoms with van der Waals surface area (Å²) in [5, 5.41) is 0. The maximum atomic E-state index is 11.6. The van der Waals surface area contributed by atoms with Crippen molar-refractivity contribution in [2.24, 2.45) is 16.7 Å². The molecule has 0 aromatic carbocycles. The zero-order valence-electron chi connectivity index (χ0n) is 10.4. The average Bonchev–Trinajstić information content (AvgIpc) is 2.62. The fourth-order valence-electron chi connectivity index (χ4n) is 4.39. The van der Waals surface area contributed by atoms with Crippen molar-refractivity contribution in [3.63, 3.8) is 0 Å². The number of hydrogen-bond acceptors (Lipinski definition) is 3. The van der Waals surface area contributed by atoms with Crippen LogP contribution in [0.25, 0.3) is 0 Å². The summed E-state index contributed by atoms with van der Waals surface area (Å²) in [6, 6.07) is 0. The summed E-state index contributed by atoms with van der Waals surface area (Å²) >= 11 is 0. The zero-order valence-corrected chi connectivity index (χ0v) is 10.4. The third-order valence-corrected chi connectivity index (χ3v) is 4.81. The van der Waals surface area contributed by atoms with Gasteiger partial charge < -0.3 is 4.74 Å². The SMILES string of the molecule is CC1(C)C[C@H]2CC(C=O)=C3COC(=O)C[C@@]32C1. The highest BCUT2D eigenvalue weighted by molar-refractivity contribution is 5.80. The van der Waals surface area contributed by atoms with Crippen LogP contribution in [0, 0.1) is 16.7 Å². The maximum Gasteiger partial charge on any atom is 0.307 e. The molecule has 92 valence electrons. The maximum absolute atomic E-state index is 11.6. The minimum absolute atomic E-state index is 0.0466. The lowest BCUT2D eigenvalue weighted by molar-refractivity contribution is -0.149. The van der Waals surface area contributed by atoms with Crippen molar-refractivity contribution in [3.8, 4) is 0 Å². The first-order valence-electron chi connectivity index (χ1n) is 6.30.